The van der Waals surface area contributed by atoms with Gasteiger partial charge in [-0.1, -0.05) is 44.0 Å². The van der Waals surface area contributed by atoms with E-state index >= 15 is 0 Å². The first-order valence-electron chi connectivity index (χ1n) is 7.78. The van der Waals surface area contributed by atoms with E-state index in [1.165, 1.54) is 23.1 Å². The molecule has 2 aliphatic carbocycles. The smallest absolute Gasteiger partial charge is 0.223 e. The normalized spacial score (nSPS) is 36.0. The summed E-state index contributed by atoms with van der Waals surface area (Å²) in [6.07, 6.45) is 5.39. The number of aryl methyl sites for hydroxylation is 2. The van der Waals surface area contributed by atoms with E-state index in [1.54, 1.807) is 0 Å². The van der Waals surface area contributed by atoms with E-state index in [-0.39, 0.29) is 16.7 Å². The highest BCUT2D eigenvalue weighted by atomic mass is 16.1. The Kier molecular flexibility index (Phi) is 2.97. The van der Waals surface area contributed by atoms with Crippen molar-refractivity contribution >= 4 is 5.91 Å². The number of hydrogen-bond acceptors (Lipinski definition) is 1. The van der Waals surface area contributed by atoms with Crippen molar-refractivity contribution in [2.24, 2.45) is 17.1 Å². The van der Waals surface area contributed by atoms with Crippen LogP contribution in [0.5, 0.6) is 0 Å². The highest BCUT2D eigenvalue weighted by Gasteiger charge is 2.54. The van der Waals surface area contributed by atoms with Gasteiger partial charge in [-0.15, -0.1) is 0 Å². The van der Waals surface area contributed by atoms with Gasteiger partial charge in [-0.3, -0.25) is 4.79 Å². The van der Waals surface area contributed by atoms with Gasteiger partial charge in [0, 0.05) is 5.41 Å². The van der Waals surface area contributed by atoms with Crippen molar-refractivity contribution in [3.63, 3.8) is 0 Å². The van der Waals surface area contributed by atoms with Crippen LogP contribution in [0.2, 0.25) is 0 Å². The number of benzene rings is 1. The Morgan fingerprint density at radius 2 is 2.05 bits per heavy atom. The molecule has 2 N–H and O–H groups in total. The molecule has 2 nitrogen and oxygen atoms in total. The molecule has 0 aliphatic heterocycles. The lowest BCUT2D eigenvalue weighted by Gasteiger charge is -2.54. The van der Waals surface area contributed by atoms with E-state index in [2.05, 4.69) is 39.0 Å². The molecule has 1 amide bonds. The van der Waals surface area contributed by atoms with Gasteiger partial charge in [-0.05, 0) is 55.1 Å². The minimum atomic E-state index is -0.339. The Hall–Kier alpha value is -1.31. The summed E-state index contributed by atoms with van der Waals surface area (Å²) < 4.78 is 0. The fourth-order valence-corrected chi connectivity index (χ4v) is 4.87. The lowest BCUT2D eigenvalue weighted by atomic mass is 9.49. The molecule has 1 saturated carbocycles. The fourth-order valence-electron chi connectivity index (χ4n) is 4.87. The average molecular weight is 271 g/mol. The molecule has 1 fully saturated rings. The monoisotopic (exact) mass is 271 g/mol. The summed E-state index contributed by atoms with van der Waals surface area (Å²) in [5.74, 6) is 0.278. The molecule has 0 spiro atoms. The molecule has 1 aromatic carbocycles. The zero-order valence-electron chi connectivity index (χ0n) is 12.8. The second-order valence-corrected chi connectivity index (χ2v) is 7.30. The van der Waals surface area contributed by atoms with Crippen LogP contribution in [0.3, 0.4) is 0 Å². The van der Waals surface area contributed by atoms with Crippen molar-refractivity contribution in [1.82, 2.24) is 0 Å². The second kappa shape index (κ2) is 4.34. The van der Waals surface area contributed by atoms with E-state index in [1.807, 2.05) is 0 Å². The maximum atomic E-state index is 12.1. The number of carbonyl (C=O) groups excluding carboxylic acids is 1. The van der Waals surface area contributed by atoms with Crippen LogP contribution in [0.15, 0.2) is 18.2 Å². The van der Waals surface area contributed by atoms with Gasteiger partial charge in [-0.25, -0.2) is 0 Å². The van der Waals surface area contributed by atoms with Crippen molar-refractivity contribution in [2.75, 3.05) is 0 Å². The van der Waals surface area contributed by atoms with Crippen molar-refractivity contribution in [3.8, 4) is 0 Å². The van der Waals surface area contributed by atoms with Gasteiger partial charge in [0.2, 0.25) is 5.91 Å². The third kappa shape index (κ3) is 1.73. The van der Waals surface area contributed by atoms with Crippen molar-refractivity contribution in [2.45, 2.75) is 58.3 Å². The molecule has 0 heterocycles. The number of primary amides is 1. The lowest BCUT2D eigenvalue weighted by molar-refractivity contribution is -0.135. The molecule has 0 saturated heterocycles. The van der Waals surface area contributed by atoms with E-state index in [0.29, 0.717) is 5.92 Å². The van der Waals surface area contributed by atoms with Gasteiger partial charge >= 0.3 is 0 Å². The first-order valence-corrected chi connectivity index (χ1v) is 7.78. The van der Waals surface area contributed by atoms with Gasteiger partial charge in [0.1, 0.15) is 0 Å². The Bertz CT molecular complexity index is 565. The van der Waals surface area contributed by atoms with E-state index in [9.17, 15) is 4.79 Å². The number of fused-ring (bicyclic) bond motifs is 3. The Morgan fingerprint density at radius 3 is 2.75 bits per heavy atom. The summed E-state index contributed by atoms with van der Waals surface area (Å²) in [6, 6.07) is 6.83. The predicted molar refractivity (Wildman–Crippen MR) is 81.5 cm³/mol. The fraction of sp³-hybridized carbons (Fsp3) is 0.611. The number of hydrogen-bond donors (Lipinski definition) is 1. The standard InChI is InChI=1S/C18H25NO/c1-12-5-6-13-7-8-15-17(2,14(13)11-12)9-4-10-18(15,3)16(19)20/h5-6,11,15H,4,7-10H2,1-3H3,(H2,19,20)/t15-,17-,18+/m1/s1. The maximum Gasteiger partial charge on any atom is 0.223 e. The predicted octanol–water partition coefficient (Wildman–Crippen LogP) is 3.49. The second-order valence-electron chi connectivity index (χ2n) is 7.30. The molecule has 2 heteroatoms. The average Bonchev–Trinajstić information content (AvgIpc) is 2.39. The van der Waals surface area contributed by atoms with Crippen molar-refractivity contribution in [3.05, 3.63) is 34.9 Å². The van der Waals surface area contributed by atoms with Crippen molar-refractivity contribution in [1.29, 1.82) is 0 Å². The minimum Gasteiger partial charge on any atom is -0.369 e. The van der Waals surface area contributed by atoms with Gasteiger partial charge in [0.15, 0.2) is 0 Å². The molecule has 3 atom stereocenters. The Balaban J connectivity index is 2.13. The molecule has 0 unspecified atom stereocenters. The van der Waals surface area contributed by atoms with Crippen LogP contribution >= 0.6 is 0 Å². The molecule has 1 aromatic rings. The highest BCUT2D eigenvalue weighted by molar-refractivity contribution is 5.81. The third-order valence-electron chi connectivity index (χ3n) is 6.08. The van der Waals surface area contributed by atoms with Gasteiger partial charge in [0.05, 0.1) is 0 Å². The molecule has 3 rings (SSSR count). The van der Waals surface area contributed by atoms with Crippen LogP contribution in [0.25, 0.3) is 0 Å². The van der Waals surface area contributed by atoms with Crippen molar-refractivity contribution < 1.29 is 4.79 Å². The summed E-state index contributed by atoms with van der Waals surface area (Å²) in [7, 11) is 0. The highest BCUT2D eigenvalue weighted by Crippen LogP contribution is 2.57. The number of amides is 1. The molecule has 0 radical (unpaired) electrons. The van der Waals surface area contributed by atoms with Crippen LogP contribution in [0, 0.1) is 18.3 Å². The van der Waals surface area contributed by atoms with Crippen LogP contribution in [-0.2, 0) is 16.6 Å². The topological polar surface area (TPSA) is 43.1 Å². The summed E-state index contributed by atoms with van der Waals surface area (Å²) >= 11 is 0. The van der Waals surface area contributed by atoms with E-state index < -0.39 is 0 Å². The quantitative estimate of drug-likeness (QED) is 0.834. The molecule has 0 bridgehead atoms. The zero-order valence-corrected chi connectivity index (χ0v) is 12.8. The van der Waals surface area contributed by atoms with Gasteiger partial charge < -0.3 is 5.73 Å². The summed E-state index contributed by atoms with van der Waals surface area (Å²) in [6.45, 7) is 6.61. The van der Waals surface area contributed by atoms with Crippen LogP contribution in [0.1, 0.15) is 56.2 Å². The largest absolute Gasteiger partial charge is 0.369 e. The van der Waals surface area contributed by atoms with Crippen LogP contribution in [0.4, 0.5) is 0 Å². The molecule has 20 heavy (non-hydrogen) atoms. The van der Waals surface area contributed by atoms with Gasteiger partial charge in [-0.2, -0.15) is 0 Å². The number of rotatable bonds is 1. The Labute approximate surface area is 121 Å². The van der Waals surface area contributed by atoms with Gasteiger partial charge in [0.25, 0.3) is 0 Å². The molecular weight excluding hydrogens is 246 g/mol. The first kappa shape index (κ1) is 13.7. The molecule has 0 aromatic heterocycles. The first-order chi connectivity index (χ1) is 9.38. The Morgan fingerprint density at radius 1 is 1.30 bits per heavy atom. The number of nitrogens with two attached hydrogens (primary N) is 1. The number of carbonyl (C=O) groups is 1. The third-order valence-corrected chi connectivity index (χ3v) is 6.08. The summed E-state index contributed by atoms with van der Waals surface area (Å²) in [4.78, 5) is 12.1. The minimum absolute atomic E-state index is 0.107. The van der Waals surface area contributed by atoms with E-state index in [0.717, 1.165) is 25.7 Å². The zero-order chi connectivity index (χ0) is 14.5. The van der Waals surface area contributed by atoms with Crippen LogP contribution < -0.4 is 5.73 Å². The van der Waals surface area contributed by atoms with E-state index in [4.69, 9.17) is 5.73 Å². The summed E-state index contributed by atoms with van der Waals surface area (Å²) in [5.41, 5.74) is 9.82. The SMILES string of the molecule is Cc1ccc2c(c1)[C@@]1(C)CCC[C@](C)(C(N)=O)[C@@H]1CC2. The van der Waals surface area contributed by atoms with Crippen LogP contribution in [-0.4, -0.2) is 5.91 Å². The maximum absolute atomic E-state index is 12.1. The summed E-state index contributed by atoms with van der Waals surface area (Å²) in [5, 5.41) is 0. The molecule has 108 valence electrons. The molecular formula is C18H25NO. The molecule has 2 aliphatic rings. The lowest BCUT2D eigenvalue weighted by Crippen LogP contribution is -2.54.